The molecule has 294 valence electrons. The summed E-state index contributed by atoms with van der Waals surface area (Å²) in [6.45, 7) is 3.46. The third kappa shape index (κ3) is 39.8. The van der Waals surface area contributed by atoms with Gasteiger partial charge in [-0.15, -0.1) is 0 Å². The molecule has 52 heavy (non-hydrogen) atoms. The Kier molecular flexibility index (Phi) is 35.5. The van der Waals surface area contributed by atoms with Crippen molar-refractivity contribution in [2.45, 2.75) is 148 Å². The lowest BCUT2D eigenvalue weighted by Gasteiger charge is -2.18. The minimum absolute atomic E-state index is 0.149. The molecular formula is C43H69O8P. The van der Waals surface area contributed by atoms with Gasteiger partial charge in [0.2, 0.25) is 0 Å². The van der Waals surface area contributed by atoms with Gasteiger partial charge in [0.05, 0.1) is 6.61 Å². The monoisotopic (exact) mass is 744 g/mol. The summed E-state index contributed by atoms with van der Waals surface area (Å²) in [6.07, 6.45) is 51.3. The molecule has 2 N–H and O–H groups in total. The molecule has 0 saturated heterocycles. The third-order valence-corrected chi connectivity index (χ3v) is 8.07. The number of allylic oxidation sites excluding steroid dienone is 16. The van der Waals surface area contributed by atoms with Crippen LogP contribution in [0.1, 0.15) is 142 Å². The second kappa shape index (κ2) is 37.7. The number of esters is 2. The zero-order valence-electron chi connectivity index (χ0n) is 32.2. The lowest BCUT2D eigenvalue weighted by Crippen LogP contribution is -2.29. The number of rotatable bonds is 34. The van der Waals surface area contributed by atoms with E-state index in [9.17, 15) is 14.2 Å². The molecule has 0 aliphatic heterocycles. The average Bonchev–Trinajstić information content (AvgIpc) is 3.11. The Hall–Kier alpha value is -3.03. The minimum atomic E-state index is -4.78. The first-order valence-corrected chi connectivity index (χ1v) is 21.1. The zero-order valence-corrected chi connectivity index (χ0v) is 33.1. The van der Waals surface area contributed by atoms with Crippen molar-refractivity contribution >= 4 is 19.8 Å². The van der Waals surface area contributed by atoms with Gasteiger partial charge in [0.1, 0.15) is 6.61 Å². The van der Waals surface area contributed by atoms with Crippen molar-refractivity contribution < 1.29 is 37.9 Å². The molecule has 0 aromatic carbocycles. The average molecular weight is 745 g/mol. The summed E-state index contributed by atoms with van der Waals surface area (Å²) in [7, 11) is -4.78. The number of phosphoric ester groups is 1. The van der Waals surface area contributed by atoms with Gasteiger partial charge in [0.15, 0.2) is 6.10 Å². The highest BCUT2D eigenvalue weighted by Gasteiger charge is 2.22. The number of carbonyl (C=O) groups excluding carboxylic acids is 2. The molecule has 0 aromatic rings. The molecule has 0 aromatic heterocycles. The van der Waals surface area contributed by atoms with Crippen LogP contribution in [0.5, 0.6) is 0 Å². The Labute approximate surface area is 315 Å². The number of ether oxygens (including phenoxy) is 2. The smallest absolute Gasteiger partial charge is 0.462 e. The highest BCUT2D eigenvalue weighted by molar-refractivity contribution is 7.46. The quantitative estimate of drug-likeness (QED) is 0.0289. The summed E-state index contributed by atoms with van der Waals surface area (Å²) in [4.78, 5) is 42.7. The van der Waals surface area contributed by atoms with E-state index in [1.165, 1.54) is 19.3 Å². The molecule has 9 heteroatoms. The van der Waals surface area contributed by atoms with E-state index in [1.807, 2.05) is 0 Å². The molecule has 0 heterocycles. The Balaban J connectivity index is 4.11. The maximum Gasteiger partial charge on any atom is 0.469 e. The molecule has 0 aliphatic carbocycles. The van der Waals surface area contributed by atoms with Gasteiger partial charge in [-0.05, 0) is 96.3 Å². The second-order valence-corrected chi connectivity index (χ2v) is 13.8. The number of hydrogen-bond donors (Lipinski definition) is 2. The normalized spacial score (nSPS) is 13.5. The number of hydrogen-bond acceptors (Lipinski definition) is 6. The Morgan fingerprint density at radius 3 is 1.38 bits per heavy atom. The summed E-state index contributed by atoms with van der Waals surface area (Å²) in [5.74, 6) is -0.979. The highest BCUT2D eigenvalue weighted by Crippen LogP contribution is 2.35. The van der Waals surface area contributed by atoms with Crippen LogP contribution in [-0.2, 0) is 28.2 Å². The summed E-state index contributed by atoms with van der Waals surface area (Å²) in [5.41, 5.74) is 0. The van der Waals surface area contributed by atoms with Crippen LogP contribution in [-0.4, -0.2) is 41.0 Å². The molecule has 0 fully saturated rings. The summed E-state index contributed by atoms with van der Waals surface area (Å²) < 4.78 is 26.3. The van der Waals surface area contributed by atoms with E-state index in [1.54, 1.807) is 0 Å². The van der Waals surface area contributed by atoms with E-state index in [4.69, 9.17) is 19.3 Å². The van der Waals surface area contributed by atoms with E-state index < -0.39 is 32.5 Å². The second-order valence-electron chi connectivity index (χ2n) is 12.5. The highest BCUT2D eigenvalue weighted by atomic mass is 31.2. The largest absolute Gasteiger partial charge is 0.469 e. The predicted octanol–water partition coefficient (Wildman–Crippen LogP) is 11.8. The van der Waals surface area contributed by atoms with Crippen molar-refractivity contribution in [3.63, 3.8) is 0 Å². The molecule has 0 radical (unpaired) electrons. The number of unbranched alkanes of at least 4 members (excludes halogenated alkanes) is 8. The van der Waals surface area contributed by atoms with Gasteiger partial charge < -0.3 is 19.3 Å². The van der Waals surface area contributed by atoms with Gasteiger partial charge >= 0.3 is 19.8 Å². The lowest BCUT2D eigenvalue weighted by molar-refractivity contribution is -0.161. The maximum atomic E-state index is 12.4. The molecule has 0 saturated carbocycles. The minimum Gasteiger partial charge on any atom is -0.462 e. The first-order valence-electron chi connectivity index (χ1n) is 19.5. The molecule has 1 atom stereocenters. The predicted molar refractivity (Wildman–Crippen MR) is 216 cm³/mol. The van der Waals surface area contributed by atoms with E-state index in [0.717, 1.165) is 83.5 Å². The maximum absolute atomic E-state index is 12.4. The van der Waals surface area contributed by atoms with Gasteiger partial charge in [-0.25, -0.2) is 4.57 Å². The zero-order chi connectivity index (χ0) is 38.2. The van der Waals surface area contributed by atoms with Crippen LogP contribution in [0.3, 0.4) is 0 Å². The standard InChI is InChI=1S/C43H69O8P/c1-3-5-7-9-11-13-15-17-19-20-21-22-24-25-27-29-31-33-35-37-42(44)49-39-41(40-50-52(46,47)48)51-43(45)38-36-34-32-30-28-26-23-18-16-14-12-10-8-6-4-2/h5,7,11-14,17-19,21-23,25,27-28,30,41H,3-4,6,8-10,15-16,20,24,26,29,31-40H2,1-2H3,(H2,46,47,48)/b7-5-,13-11-,14-12-,19-17-,22-21-,23-18-,27-25-,30-28-/t41-/m1/s1. The fourth-order valence-electron chi connectivity index (χ4n) is 4.70. The molecule has 0 amide bonds. The van der Waals surface area contributed by atoms with Crippen molar-refractivity contribution in [2.75, 3.05) is 13.2 Å². The fraction of sp³-hybridized carbons (Fsp3) is 0.581. The van der Waals surface area contributed by atoms with Crippen LogP contribution in [0.4, 0.5) is 0 Å². The fourth-order valence-corrected chi connectivity index (χ4v) is 5.06. The summed E-state index contributed by atoms with van der Waals surface area (Å²) in [5, 5.41) is 0. The number of carbonyl (C=O) groups is 2. The van der Waals surface area contributed by atoms with Crippen LogP contribution in [0, 0.1) is 0 Å². The number of phosphoric acid groups is 1. The van der Waals surface area contributed by atoms with Gasteiger partial charge in [0, 0.05) is 12.8 Å². The van der Waals surface area contributed by atoms with Crippen molar-refractivity contribution in [3.05, 3.63) is 97.2 Å². The van der Waals surface area contributed by atoms with E-state index >= 15 is 0 Å². The molecule has 0 spiro atoms. The molecule has 0 aliphatic rings. The van der Waals surface area contributed by atoms with E-state index in [0.29, 0.717) is 12.8 Å². The van der Waals surface area contributed by atoms with Crippen molar-refractivity contribution in [1.82, 2.24) is 0 Å². The molecule has 8 nitrogen and oxygen atoms in total. The summed E-state index contributed by atoms with van der Waals surface area (Å²) >= 11 is 0. The molecule has 0 bridgehead atoms. The third-order valence-electron chi connectivity index (χ3n) is 7.59. The van der Waals surface area contributed by atoms with Gasteiger partial charge in [-0.3, -0.25) is 14.1 Å². The van der Waals surface area contributed by atoms with E-state index in [2.05, 4.69) is 116 Å². The van der Waals surface area contributed by atoms with E-state index in [-0.39, 0.29) is 19.4 Å². The van der Waals surface area contributed by atoms with Gasteiger partial charge in [0.25, 0.3) is 0 Å². The van der Waals surface area contributed by atoms with Crippen molar-refractivity contribution in [2.24, 2.45) is 0 Å². The first-order chi connectivity index (χ1) is 25.3. The lowest BCUT2D eigenvalue weighted by atomic mass is 10.1. The summed E-state index contributed by atoms with van der Waals surface area (Å²) in [6, 6.07) is 0. The van der Waals surface area contributed by atoms with Crippen LogP contribution in [0.25, 0.3) is 0 Å². The van der Waals surface area contributed by atoms with Crippen LogP contribution in [0.2, 0.25) is 0 Å². The van der Waals surface area contributed by atoms with Crippen LogP contribution < -0.4 is 0 Å². The molecular weight excluding hydrogens is 675 g/mol. The van der Waals surface area contributed by atoms with Gasteiger partial charge in [-0.1, -0.05) is 130 Å². The topological polar surface area (TPSA) is 119 Å². The Bertz CT molecular complexity index is 1160. The molecule has 0 unspecified atom stereocenters. The van der Waals surface area contributed by atoms with Crippen molar-refractivity contribution in [3.8, 4) is 0 Å². The molecule has 0 rings (SSSR count). The van der Waals surface area contributed by atoms with Crippen molar-refractivity contribution in [1.29, 1.82) is 0 Å². The van der Waals surface area contributed by atoms with Crippen LogP contribution in [0.15, 0.2) is 97.2 Å². The Morgan fingerprint density at radius 2 is 0.923 bits per heavy atom. The SMILES string of the molecule is CC/C=C\C/C=C\C/C=C\C/C=C\C/C=C\CCCCCC(=O)OC[C@H](COP(=O)(O)O)OC(=O)CCCC/C=C\C/C=C\C/C=C\CCCCC. The van der Waals surface area contributed by atoms with Gasteiger partial charge in [-0.2, -0.15) is 0 Å². The first kappa shape index (κ1) is 49.0. The van der Waals surface area contributed by atoms with Crippen LogP contribution >= 0.6 is 7.82 Å². The Morgan fingerprint density at radius 1 is 0.519 bits per heavy atom.